The summed E-state index contributed by atoms with van der Waals surface area (Å²) < 4.78 is 23.3. The molecule has 0 spiro atoms. The number of rotatable bonds is 6. The van der Waals surface area contributed by atoms with Crippen LogP contribution >= 0.6 is 11.3 Å². The lowest BCUT2D eigenvalue weighted by atomic mass is 9.89. The molecule has 1 heterocycles. The summed E-state index contributed by atoms with van der Waals surface area (Å²) in [6.07, 6.45) is 2.74. The van der Waals surface area contributed by atoms with Gasteiger partial charge in [-0.05, 0) is 42.9 Å². The van der Waals surface area contributed by atoms with Gasteiger partial charge in [0.25, 0.3) is 5.91 Å². The van der Waals surface area contributed by atoms with Crippen molar-refractivity contribution < 1.29 is 23.5 Å². The molecule has 0 unspecified atom stereocenters. The zero-order valence-corrected chi connectivity index (χ0v) is 16.1. The summed E-state index contributed by atoms with van der Waals surface area (Å²) in [6, 6.07) is 7.84. The summed E-state index contributed by atoms with van der Waals surface area (Å²) in [7, 11) is 0. The lowest BCUT2D eigenvalue weighted by molar-refractivity contribution is -0.149. The van der Waals surface area contributed by atoms with Crippen LogP contribution in [0.25, 0.3) is 0 Å². The average Bonchev–Trinajstić information content (AvgIpc) is 3.01. The molecular weight excluding hydrogens is 383 g/mol. The second kappa shape index (κ2) is 8.85. The van der Waals surface area contributed by atoms with Crippen LogP contribution in [0.15, 0.2) is 24.3 Å². The molecule has 8 heteroatoms. The van der Waals surface area contributed by atoms with E-state index in [4.69, 9.17) is 9.47 Å². The smallest absolute Gasteiger partial charge is 0.344 e. The molecule has 28 heavy (non-hydrogen) atoms. The van der Waals surface area contributed by atoms with Gasteiger partial charge in [-0.2, -0.15) is 5.26 Å². The van der Waals surface area contributed by atoms with Crippen LogP contribution in [-0.4, -0.2) is 25.1 Å². The molecule has 0 aliphatic heterocycles. The molecule has 3 rings (SSSR count). The number of amides is 1. The van der Waals surface area contributed by atoms with Crippen LogP contribution in [0.3, 0.4) is 0 Å². The van der Waals surface area contributed by atoms with Crippen LogP contribution in [0.5, 0.6) is 5.75 Å². The van der Waals surface area contributed by atoms with Crippen molar-refractivity contribution in [2.24, 2.45) is 5.92 Å². The molecule has 1 aliphatic rings. The monoisotopic (exact) mass is 402 g/mol. The Morgan fingerprint density at radius 2 is 2.14 bits per heavy atom. The first-order valence-corrected chi connectivity index (χ1v) is 9.67. The van der Waals surface area contributed by atoms with Crippen LogP contribution in [0, 0.1) is 23.1 Å². The van der Waals surface area contributed by atoms with E-state index in [0.29, 0.717) is 16.5 Å². The highest BCUT2D eigenvalue weighted by Gasteiger charge is 2.24. The van der Waals surface area contributed by atoms with E-state index in [1.54, 1.807) is 6.07 Å². The van der Waals surface area contributed by atoms with Crippen LogP contribution < -0.4 is 10.1 Å². The van der Waals surface area contributed by atoms with Crippen molar-refractivity contribution in [2.45, 2.75) is 26.2 Å². The molecule has 0 bridgehead atoms. The molecule has 0 fully saturated rings. The van der Waals surface area contributed by atoms with E-state index >= 15 is 0 Å². The van der Waals surface area contributed by atoms with Crippen LogP contribution in [0.4, 0.5) is 9.39 Å². The molecule has 1 aromatic carbocycles. The largest absolute Gasteiger partial charge is 0.479 e. The number of nitriles is 1. The number of hydrogen-bond donors (Lipinski definition) is 1. The molecule has 1 amide bonds. The molecule has 0 saturated heterocycles. The highest BCUT2D eigenvalue weighted by molar-refractivity contribution is 7.16. The third-order valence-corrected chi connectivity index (χ3v) is 5.59. The Morgan fingerprint density at radius 3 is 2.89 bits per heavy atom. The molecule has 1 N–H and O–H groups in total. The van der Waals surface area contributed by atoms with E-state index in [1.807, 2.05) is 0 Å². The number of hydrogen-bond acceptors (Lipinski definition) is 6. The summed E-state index contributed by atoms with van der Waals surface area (Å²) >= 11 is 1.40. The number of carbonyl (C=O) groups is 2. The van der Waals surface area contributed by atoms with Crippen LogP contribution in [-0.2, 0) is 27.2 Å². The Morgan fingerprint density at radius 1 is 1.36 bits per heavy atom. The third-order valence-electron chi connectivity index (χ3n) is 4.42. The predicted octanol–water partition coefficient (Wildman–Crippen LogP) is 3.44. The zero-order chi connectivity index (χ0) is 20.1. The van der Waals surface area contributed by atoms with Gasteiger partial charge in [-0.15, -0.1) is 11.3 Å². The first kappa shape index (κ1) is 19.8. The fourth-order valence-electron chi connectivity index (χ4n) is 3.01. The number of nitrogens with one attached hydrogen (secondary N) is 1. The van der Waals surface area contributed by atoms with Gasteiger partial charge < -0.3 is 14.8 Å². The lowest BCUT2D eigenvalue weighted by Crippen LogP contribution is -2.23. The Balaban J connectivity index is 1.51. The van der Waals surface area contributed by atoms with E-state index in [-0.39, 0.29) is 5.75 Å². The quantitative estimate of drug-likeness (QED) is 0.748. The highest BCUT2D eigenvalue weighted by atomic mass is 32.1. The minimum atomic E-state index is -0.793. The normalized spacial score (nSPS) is 15.2. The second-order valence-corrected chi connectivity index (χ2v) is 7.70. The Hall–Kier alpha value is -2.92. The number of carbonyl (C=O) groups excluding carboxylic acids is 2. The van der Waals surface area contributed by atoms with Gasteiger partial charge in [0.05, 0.1) is 5.56 Å². The summed E-state index contributed by atoms with van der Waals surface area (Å²) in [5.74, 6) is -1.44. The summed E-state index contributed by atoms with van der Waals surface area (Å²) in [5.41, 5.74) is 1.51. The molecule has 1 aliphatic carbocycles. The maximum absolute atomic E-state index is 13.4. The fourth-order valence-corrected chi connectivity index (χ4v) is 4.38. The number of esters is 1. The topological polar surface area (TPSA) is 88.4 Å². The zero-order valence-electron chi connectivity index (χ0n) is 15.3. The van der Waals surface area contributed by atoms with Gasteiger partial charge in [0.1, 0.15) is 11.1 Å². The van der Waals surface area contributed by atoms with Gasteiger partial charge in [0.2, 0.25) is 0 Å². The van der Waals surface area contributed by atoms with Crippen molar-refractivity contribution in [1.82, 2.24) is 0 Å². The van der Waals surface area contributed by atoms with Gasteiger partial charge in [-0.3, -0.25) is 4.79 Å². The summed E-state index contributed by atoms with van der Waals surface area (Å²) in [5, 5.41) is 12.6. The fraction of sp³-hybridized carbons (Fsp3) is 0.350. The van der Waals surface area contributed by atoms with Gasteiger partial charge in [-0.25, -0.2) is 9.18 Å². The first-order chi connectivity index (χ1) is 13.5. The van der Waals surface area contributed by atoms with Gasteiger partial charge in [0, 0.05) is 4.88 Å². The first-order valence-electron chi connectivity index (χ1n) is 8.85. The van der Waals surface area contributed by atoms with Crippen LogP contribution in [0.2, 0.25) is 0 Å². The maximum Gasteiger partial charge on any atom is 0.344 e. The standard InChI is InChI=1S/C20H19FN2O4S/c1-12-6-7-13-14(9-22)20(28-17(13)8-12)23-18(24)10-27-19(25)11-26-16-5-3-2-4-15(16)21/h2-5,12H,6-8,10-11H2,1H3,(H,23,24)/t12-/m0/s1. The average molecular weight is 402 g/mol. The van der Waals surface area contributed by atoms with Crippen molar-refractivity contribution in [3.63, 3.8) is 0 Å². The van der Waals surface area contributed by atoms with E-state index in [2.05, 4.69) is 18.3 Å². The Labute approximate surface area is 165 Å². The number of nitrogens with zero attached hydrogens (tertiary/aromatic N) is 1. The molecule has 1 atom stereocenters. The van der Waals surface area contributed by atoms with Crippen molar-refractivity contribution in [3.05, 3.63) is 46.1 Å². The van der Waals surface area contributed by atoms with Gasteiger partial charge in [0.15, 0.2) is 24.8 Å². The number of thiophene rings is 1. The number of para-hydroxylation sites is 1. The van der Waals surface area contributed by atoms with Crippen molar-refractivity contribution in [3.8, 4) is 11.8 Å². The lowest BCUT2D eigenvalue weighted by Gasteiger charge is -2.17. The molecule has 2 aromatic rings. The second-order valence-electron chi connectivity index (χ2n) is 6.60. The van der Waals surface area contributed by atoms with E-state index in [1.165, 1.54) is 29.5 Å². The van der Waals surface area contributed by atoms with E-state index < -0.39 is 30.9 Å². The molecule has 0 radical (unpaired) electrons. The maximum atomic E-state index is 13.4. The number of benzene rings is 1. The van der Waals surface area contributed by atoms with Gasteiger partial charge >= 0.3 is 5.97 Å². The third kappa shape index (κ3) is 4.67. The molecule has 0 saturated carbocycles. The van der Waals surface area contributed by atoms with Crippen molar-refractivity contribution >= 4 is 28.2 Å². The van der Waals surface area contributed by atoms with Crippen molar-refractivity contribution in [2.75, 3.05) is 18.5 Å². The predicted molar refractivity (Wildman–Crippen MR) is 102 cm³/mol. The number of anilines is 1. The van der Waals surface area contributed by atoms with Crippen LogP contribution in [0.1, 0.15) is 29.3 Å². The van der Waals surface area contributed by atoms with E-state index in [9.17, 15) is 19.2 Å². The molecule has 146 valence electrons. The number of halogens is 1. The molecule has 1 aromatic heterocycles. The summed E-state index contributed by atoms with van der Waals surface area (Å²) in [4.78, 5) is 24.9. The Kier molecular flexibility index (Phi) is 6.26. The minimum Gasteiger partial charge on any atom is -0.479 e. The molecular formula is C20H19FN2O4S. The molecule has 6 nitrogen and oxygen atoms in total. The number of ether oxygens (including phenoxy) is 2. The number of fused-ring (bicyclic) bond motifs is 1. The van der Waals surface area contributed by atoms with Crippen molar-refractivity contribution in [1.29, 1.82) is 5.26 Å². The Bertz CT molecular complexity index is 935. The SMILES string of the molecule is C[C@H]1CCc2c(sc(NC(=O)COC(=O)COc3ccccc3F)c2C#N)C1. The minimum absolute atomic E-state index is 0.0686. The van der Waals surface area contributed by atoms with Gasteiger partial charge in [-0.1, -0.05) is 19.1 Å². The summed E-state index contributed by atoms with van der Waals surface area (Å²) in [6.45, 7) is 1.14. The van der Waals surface area contributed by atoms with E-state index in [0.717, 1.165) is 29.7 Å². The highest BCUT2D eigenvalue weighted by Crippen LogP contribution is 2.39.